The fourth-order valence-electron chi connectivity index (χ4n) is 1.20. The Morgan fingerprint density at radius 3 is 2.50 bits per heavy atom. The number of hydrogen-bond donors (Lipinski definition) is 2. The average Bonchev–Trinajstić information content (AvgIpc) is 2.16. The molecule has 90 valence electrons. The normalized spacial score (nSPS) is 15.9. The Bertz CT molecular complexity index is 349. The van der Waals surface area contributed by atoms with Crippen molar-refractivity contribution in [3.63, 3.8) is 0 Å². The highest BCUT2D eigenvalue weighted by atomic mass is 32.2. The topological polar surface area (TPSA) is 35.1 Å². The quantitative estimate of drug-likeness (QED) is 0.645. The number of nitrogens with one attached hydrogen (secondary N) is 1. The van der Waals surface area contributed by atoms with Crippen LogP contribution in [0.4, 0.5) is 0 Å². The molecule has 1 rings (SSSR count). The van der Waals surface area contributed by atoms with Crippen molar-refractivity contribution >= 4 is 24.0 Å². The van der Waals surface area contributed by atoms with Crippen LogP contribution in [0.5, 0.6) is 0 Å². The van der Waals surface area contributed by atoms with Crippen LogP contribution in [0.2, 0.25) is 0 Å². The average molecular weight is 257 g/mol. The van der Waals surface area contributed by atoms with E-state index in [2.05, 4.69) is 17.4 Å². The monoisotopic (exact) mass is 257 g/mol. The lowest BCUT2D eigenvalue weighted by molar-refractivity contribution is 0.531. The summed E-state index contributed by atoms with van der Waals surface area (Å²) in [5, 5.41) is 0. The van der Waals surface area contributed by atoms with Gasteiger partial charge in [-0.25, -0.2) is 0 Å². The smallest absolute Gasteiger partial charge is 0.136 e. The van der Waals surface area contributed by atoms with E-state index in [4.69, 9.17) is 0 Å². The lowest BCUT2D eigenvalue weighted by Gasteiger charge is -2.26. The second-order valence-corrected chi connectivity index (χ2v) is 7.33. The van der Waals surface area contributed by atoms with Crippen molar-refractivity contribution in [2.24, 2.45) is 0 Å². The fraction of sp³-hybridized carbons (Fsp3) is 0.500. The van der Waals surface area contributed by atoms with Crippen LogP contribution in [-0.4, -0.2) is 9.30 Å². The third kappa shape index (κ3) is 4.01. The minimum atomic E-state index is -1.05. The Morgan fingerprint density at radius 1 is 1.38 bits per heavy atom. The molecule has 0 spiro atoms. The van der Waals surface area contributed by atoms with Crippen LogP contribution in [0.25, 0.3) is 0 Å². The first-order valence-corrected chi connectivity index (χ1v) is 6.87. The van der Waals surface area contributed by atoms with Crippen molar-refractivity contribution in [3.8, 4) is 0 Å². The summed E-state index contributed by atoms with van der Waals surface area (Å²) in [4.78, 5) is 0.924. The van der Waals surface area contributed by atoms with Crippen LogP contribution in [0.3, 0.4) is 0 Å². The summed E-state index contributed by atoms with van der Waals surface area (Å²) in [5.74, 6) is 0. The van der Waals surface area contributed by atoms with Gasteiger partial charge >= 0.3 is 0 Å². The van der Waals surface area contributed by atoms with E-state index in [0.29, 0.717) is 0 Å². The van der Waals surface area contributed by atoms with Crippen LogP contribution in [-0.2, 0) is 11.4 Å². The maximum absolute atomic E-state index is 11.9. The van der Waals surface area contributed by atoms with Gasteiger partial charge in [-0.15, -0.1) is 17.4 Å². The van der Waals surface area contributed by atoms with E-state index in [-0.39, 0.29) is 10.8 Å². The molecule has 2 nitrogen and oxygen atoms in total. The Morgan fingerprint density at radius 2 is 2.00 bits per heavy atom. The molecule has 0 saturated heterocycles. The maximum Gasteiger partial charge on any atom is 0.136 e. The first kappa shape index (κ1) is 13.9. The van der Waals surface area contributed by atoms with Gasteiger partial charge in [0.15, 0.2) is 0 Å². The number of rotatable bonds is 3. The predicted molar refractivity (Wildman–Crippen MR) is 73.1 cm³/mol. The van der Waals surface area contributed by atoms with Crippen LogP contribution in [0, 0.1) is 0 Å². The van der Waals surface area contributed by atoms with Gasteiger partial charge < -0.3 is 4.55 Å². The molecule has 0 aliphatic rings. The van der Waals surface area contributed by atoms with Gasteiger partial charge in [0.1, 0.15) is 4.75 Å². The summed E-state index contributed by atoms with van der Waals surface area (Å²) in [7, 11) is 0. The van der Waals surface area contributed by atoms with Crippen molar-refractivity contribution in [1.29, 1.82) is 0 Å². The molecule has 0 fully saturated rings. The summed E-state index contributed by atoms with van der Waals surface area (Å²) in [5.41, 5.74) is 1.10. The third-order valence-corrected chi connectivity index (χ3v) is 4.17. The largest absolute Gasteiger partial charge is 0.598 e. The number of benzene rings is 1. The SMILES string of the molecule is C[C@@H](N[S@+]([O-])C(C)(C)C)c1cccc(S)c1. The first-order chi connectivity index (χ1) is 7.30. The highest BCUT2D eigenvalue weighted by Crippen LogP contribution is 2.21. The van der Waals surface area contributed by atoms with E-state index in [9.17, 15) is 4.55 Å². The van der Waals surface area contributed by atoms with Gasteiger partial charge in [0.2, 0.25) is 0 Å². The van der Waals surface area contributed by atoms with E-state index in [1.807, 2.05) is 52.0 Å². The Kier molecular flexibility index (Phi) is 4.73. The number of thiol groups is 1. The van der Waals surface area contributed by atoms with Gasteiger partial charge in [-0.2, -0.15) is 0 Å². The molecule has 0 saturated carbocycles. The van der Waals surface area contributed by atoms with Gasteiger partial charge in [0.25, 0.3) is 0 Å². The molecule has 0 aromatic heterocycles. The second-order valence-electron chi connectivity index (χ2n) is 4.82. The van der Waals surface area contributed by atoms with Crippen LogP contribution in [0.1, 0.15) is 39.3 Å². The first-order valence-electron chi connectivity index (χ1n) is 5.27. The molecule has 0 heterocycles. The second kappa shape index (κ2) is 5.45. The van der Waals surface area contributed by atoms with E-state index < -0.39 is 11.4 Å². The van der Waals surface area contributed by atoms with Crippen molar-refractivity contribution in [3.05, 3.63) is 29.8 Å². The van der Waals surface area contributed by atoms with Crippen LogP contribution < -0.4 is 4.72 Å². The van der Waals surface area contributed by atoms with Crippen molar-refractivity contribution < 1.29 is 4.55 Å². The molecular formula is C12H19NOS2. The van der Waals surface area contributed by atoms with Gasteiger partial charge in [-0.1, -0.05) is 12.1 Å². The summed E-state index contributed by atoms with van der Waals surface area (Å²) in [6.07, 6.45) is 0. The summed E-state index contributed by atoms with van der Waals surface area (Å²) in [6.45, 7) is 7.87. The molecule has 0 aliphatic heterocycles. The standard InChI is InChI=1S/C12H19NOS2/c1-9(13-16(14)12(2,3)4)10-6-5-7-11(15)8-10/h5-9,13,15H,1-4H3/t9-,16-/m1/s1. The molecule has 1 aromatic rings. The molecule has 1 N–H and O–H groups in total. The minimum Gasteiger partial charge on any atom is -0.598 e. The molecule has 2 atom stereocenters. The van der Waals surface area contributed by atoms with Crippen molar-refractivity contribution in [2.75, 3.05) is 0 Å². The van der Waals surface area contributed by atoms with Gasteiger partial charge in [-0.05, 0) is 45.4 Å². The Hall–Kier alpha value is -0.160. The van der Waals surface area contributed by atoms with Gasteiger partial charge in [-0.3, -0.25) is 0 Å². The van der Waals surface area contributed by atoms with Crippen molar-refractivity contribution in [2.45, 2.75) is 43.4 Å². The van der Waals surface area contributed by atoms with Crippen LogP contribution >= 0.6 is 12.6 Å². The summed E-state index contributed by atoms with van der Waals surface area (Å²) < 4.78 is 14.8. The van der Waals surface area contributed by atoms with E-state index in [1.165, 1.54) is 0 Å². The molecule has 0 amide bonds. The predicted octanol–water partition coefficient (Wildman–Crippen LogP) is 3.09. The number of hydrogen-bond acceptors (Lipinski definition) is 3. The molecule has 0 bridgehead atoms. The van der Waals surface area contributed by atoms with E-state index in [1.54, 1.807) is 0 Å². The lowest BCUT2D eigenvalue weighted by atomic mass is 10.1. The molecule has 4 heteroatoms. The Balaban J connectivity index is 2.69. The zero-order valence-corrected chi connectivity index (χ0v) is 11.9. The third-order valence-electron chi connectivity index (χ3n) is 2.21. The van der Waals surface area contributed by atoms with E-state index in [0.717, 1.165) is 10.5 Å². The minimum absolute atomic E-state index is 0.0622. The Labute approximate surface area is 107 Å². The molecule has 16 heavy (non-hydrogen) atoms. The molecule has 0 unspecified atom stereocenters. The summed E-state index contributed by atoms with van der Waals surface area (Å²) >= 11 is 3.24. The zero-order chi connectivity index (χ0) is 12.3. The highest BCUT2D eigenvalue weighted by Gasteiger charge is 2.28. The van der Waals surface area contributed by atoms with E-state index >= 15 is 0 Å². The molecular weight excluding hydrogens is 238 g/mol. The molecule has 0 aliphatic carbocycles. The zero-order valence-electron chi connectivity index (χ0n) is 10.2. The van der Waals surface area contributed by atoms with Gasteiger partial charge in [0.05, 0.1) is 6.04 Å². The van der Waals surface area contributed by atoms with Crippen LogP contribution in [0.15, 0.2) is 29.2 Å². The molecule has 0 radical (unpaired) electrons. The van der Waals surface area contributed by atoms with Crippen molar-refractivity contribution in [1.82, 2.24) is 4.72 Å². The van der Waals surface area contributed by atoms with Gasteiger partial charge in [0, 0.05) is 16.3 Å². The lowest BCUT2D eigenvalue weighted by Crippen LogP contribution is -2.40. The summed E-state index contributed by atoms with van der Waals surface area (Å²) in [6, 6.07) is 7.94. The maximum atomic E-state index is 11.9. The molecule has 1 aromatic carbocycles. The highest BCUT2D eigenvalue weighted by molar-refractivity contribution is 7.90. The fourth-order valence-corrected chi connectivity index (χ4v) is 2.25.